The fraction of sp³-hybridized carbons (Fsp3) is 0.333. The van der Waals surface area contributed by atoms with Gasteiger partial charge in [-0.15, -0.1) is 0 Å². The zero-order valence-electron chi connectivity index (χ0n) is 28.3. The molecule has 0 amide bonds. The summed E-state index contributed by atoms with van der Waals surface area (Å²) in [6.07, 6.45) is 6.18. The first-order valence-corrected chi connectivity index (χ1v) is 16.4. The van der Waals surface area contributed by atoms with E-state index in [4.69, 9.17) is 18.9 Å². The van der Waals surface area contributed by atoms with Gasteiger partial charge in [-0.25, -0.2) is 0 Å². The molecule has 0 bridgehead atoms. The summed E-state index contributed by atoms with van der Waals surface area (Å²) in [6, 6.07) is 31.3. The smallest absolute Gasteiger partial charge is 0.122 e. The van der Waals surface area contributed by atoms with E-state index in [0.29, 0.717) is 26.4 Å². The van der Waals surface area contributed by atoms with Crippen LogP contribution in [-0.4, -0.2) is 26.4 Å². The van der Waals surface area contributed by atoms with E-state index in [0.717, 1.165) is 53.0 Å². The van der Waals surface area contributed by atoms with Crippen molar-refractivity contribution in [1.29, 1.82) is 0 Å². The number of benzene rings is 4. The van der Waals surface area contributed by atoms with E-state index in [1.54, 1.807) is 0 Å². The molecule has 0 N–H and O–H groups in total. The molecule has 5 rings (SSSR count). The number of fused-ring (bicyclic) bond motifs is 2. The third kappa shape index (κ3) is 7.33. The Labute approximate surface area is 275 Å². The van der Waals surface area contributed by atoms with Crippen LogP contribution in [-0.2, 0) is 21.3 Å². The third-order valence-electron chi connectivity index (χ3n) is 8.41. The van der Waals surface area contributed by atoms with E-state index in [2.05, 4.69) is 98.8 Å². The Balaban J connectivity index is 1.50. The summed E-state index contributed by atoms with van der Waals surface area (Å²) >= 11 is 0. The number of hydrogen-bond donors (Lipinski definition) is 0. The quantitative estimate of drug-likeness (QED) is 0.0919. The highest BCUT2D eigenvalue weighted by Crippen LogP contribution is 2.51. The average Bonchev–Trinajstić information content (AvgIpc) is 3.04. The van der Waals surface area contributed by atoms with Crippen LogP contribution in [0.3, 0.4) is 0 Å². The van der Waals surface area contributed by atoms with Crippen molar-refractivity contribution in [2.75, 3.05) is 26.4 Å². The first-order valence-electron chi connectivity index (χ1n) is 16.4. The Hall–Kier alpha value is -4.44. The summed E-state index contributed by atoms with van der Waals surface area (Å²) in [6.45, 7) is 14.9. The van der Waals surface area contributed by atoms with E-state index >= 15 is 0 Å². The van der Waals surface area contributed by atoms with Crippen molar-refractivity contribution in [3.8, 4) is 11.5 Å². The lowest BCUT2D eigenvalue weighted by Crippen LogP contribution is -2.36. The molecule has 0 saturated heterocycles. The molecule has 240 valence electrons. The van der Waals surface area contributed by atoms with Gasteiger partial charge in [-0.1, -0.05) is 72.8 Å². The number of aryl methyl sites for hydroxylation is 2. The van der Waals surface area contributed by atoms with Gasteiger partial charge in [-0.05, 0) is 116 Å². The van der Waals surface area contributed by atoms with Gasteiger partial charge < -0.3 is 18.9 Å². The van der Waals surface area contributed by atoms with Crippen LogP contribution in [0, 0.1) is 13.8 Å². The molecular formula is C42H48O4. The molecule has 4 aromatic rings. The molecule has 46 heavy (non-hydrogen) atoms. The summed E-state index contributed by atoms with van der Waals surface area (Å²) in [4.78, 5) is 0. The van der Waals surface area contributed by atoms with Crippen LogP contribution < -0.4 is 9.47 Å². The molecule has 0 spiro atoms. The van der Waals surface area contributed by atoms with Crippen LogP contribution in [0.25, 0.3) is 0 Å². The van der Waals surface area contributed by atoms with E-state index in [1.807, 2.05) is 40.2 Å². The Morgan fingerprint density at radius 1 is 0.587 bits per heavy atom. The minimum absolute atomic E-state index is 0.492. The molecule has 4 heteroatoms. The Morgan fingerprint density at radius 3 is 1.43 bits per heavy atom. The van der Waals surface area contributed by atoms with Crippen LogP contribution in [0.1, 0.15) is 85.0 Å². The second kappa shape index (κ2) is 15.2. The zero-order valence-corrected chi connectivity index (χ0v) is 28.3. The molecule has 0 atom stereocenters. The molecule has 1 aliphatic carbocycles. The monoisotopic (exact) mass is 616 g/mol. The highest BCUT2D eigenvalue weighted by atomic mass is 16.5. The van der Waals surface area contributed by atoms with Crippen LogP contribution in [0.15, 0.2) is 109 Å². The predicted molar refractivity (Wildman–Crippen MR) is 188 cm³/mol. The van der Waals surface area contributed by atoms with E-state index in [9.17, 15) is 0 Å². The van der Waals surface area contributed by atoms with Gasteiger partial charge in [0.05, 0.1) is 44.4 Å². The minimum Gasteiger partial charge on any atom is -0.501 e. The van der Waals surface area contributed by atoms with Crippen molar-refractivity contribution in [3.05, 3.63) is 153 Å². The van der Waals surface area contributed by atoms with Gasteiger partial charge in [-0.2, -0.15) is 0 Å². The molecule has 0 aliphatic heterocycles. The van der Waals surface area contributed by atoms with Crippen LogP contribution in [0.5, 0.6) is 11.5 Å². The maximum atomic E-state index is 6.24. The van der Waals surface area contributed by atoms with Crippen molar-refractivity contribution < 1.29 is 18.9 Å². The van der Waals surface area contributed by atoms with Gasteiger partial charge in [0.1, 0.15) is 11.5 Å². The summed E-state index contributed by atoms with van der Waals surface area (Å²) in [5, 5.41) is 0. The highest BCUT2D eigenvalue weighted by molar-refractivity contribution is 5.68. The SMILES string of the molecule is CC(C)=COCCCOc1ccc(C2(c3ccc(OCCCOC=C(C)C)c(C)c3)c3ccccc3Cc3ccccc32)cc1C. The largest absolute Gasteiger partial charge is 0.501 e. The molecule has 0 heterocycles. The van der Waals surface area contributed by atoms with E-state index in [1.165, 1.54) is 33.4 Å². The van der Waals surface area contributed by atoms with Gasteiger partial charge in [-0.3, -0.25) is 0 Å². The summed E-state index contributed by atoms with van der Waals surface area (Å²) in [5.74, 6) is 1.82. The first-order chi connectivity index (χ1) is 22.3. The van der Waals surface area contributed by atoms with Crippen LogP contribution in [0.2, 0.25) is 0 Å². The Bertz CT molecular complexity index is 1560. The number of rotatable bonds is 14. The van der Waals surface area contributed by atoms with E-state index in [-0.39, 0.29) is 0 Å². The van der Waals surface area contributed by atoms with Gasteiger partial charge in [0.2, 0.25) is 0 Å². The van der Waals surface area contributed by atoms with Crippen molar-refractivity contribution in [2.45, 2.75) is 66.2 Å². The molecule has 1 aliphatic rings. The number of ether oxygens (including phenoxy) is 4. The van der Waals surface area contributed by atoms with Crippen molar-refractivity contribution in [1.82, 2.24) is 0 Å². The van der Waals surface area contributed by atoms with Gasteiger partial charge in [0.15, 0.2) is 0 Å². The normalized spacial score (nSPS) is 12.7. The van der Waals surface area contributed by atoms with Crippen molar-refractivity contribution in [3.63, 3.8) is 0 Å². The maximum Gasteiger partial charge on any atom is 0.122 e. The Kier molecular flexibility index (Phi) is 10.9. The fourth-order valence-corrected chi connectivity index (χ4v) is 6.41. The molecule has 0 saturated carbocycles. The average molecular weight is 617 g/mol. The molecule has 0 fully saturated rings. The molecular weight excluding hydrogens is 568 g/mol. The predicted octanol–water partition coefficient (Wildman–Crippen LogP) is 10.0. The highest BCUT2D eigenvalue weighted by Gasteiger charge is 2.44. The molecule has 4 nitrogen and oxygen atoms in total. The Morgan fingerprint density at radius 2 is 1.02 bits per heavy atom. The lowest BCUT2D eigenvalue weighted by molar-refractivity contribution is 0.206. The summed E-state index contributed by atoms with van der Waals surface area (Å²) < 4.78 is 23.7. The minimum atomic E-state index is -0.492. The van der Waals surface area contributed by atoms with E-state index < -0.39 is 5.41 Å². The van der Waals surface area contributed by atoms with Crippen molar-refractivity contribution in [2.24, 2.45) is 0 Å². The molecule has 4 aromatic carbocycles. The number of hydrogen-bond acceptors (Lipinski definition) is 4. The topological polar surface area (TPSA) is 36.9 Å². The second-order valence-corrected chi connectivity index (χ2v) is 12.7. The lowest BCUT2D eigenvalue weighted by Gasteiger charge is -2.42. The molecule has 0 radical (unpaired) electrons. The first kappa shape index (κ1) is 32.9. The standard InChI is InChI=1S/C42H48O4/c1-30(2)28-43-21-11-23-45-40-19-17-36(25-32(40)5)42(38-15-9-7-13-34(38)27-35-14-8-10-16-39(35)42)37-18-20-41(33(6)26-37)46-24-12-22-44-29-31(3)4/h7-10,13-20,25-26,28-29H,11-12,21-24,27H2,1-6H3. The van der Waals surface area contributed by atoms with Gasteiger partial charge >= 0.3 is 0 Å². The van der Waals surface area contributed by atoms with Crippen LogP contribution >= 0.6 is 0 Å². The third-order valence-corrected chi connectivity index (χ3v) is 8.41. The molecule has 0 aromatic heterocycles. The lowest BCUT2D eigenvalue weighted by atomic mass is 9.59. The molecule has 0 unspecified atom stereocenters. The zero-order chi connectivity index (χ0) is 32.5. The summed E-state index contributed by atoms with van der Waals surface area (Å²) in [7, 11) is 0. The van der Waals surface area contributed by atoms with Crippen molar-refractivity contribution >= 4 is 0 Å². The maximum absolute atomic E-state index is 6.24. The summed E-state index contributed by atoms with van der Waals surface area (Å²) in [5.41, 5.74) is 11.9. The fourth-order valence-electron chi connectivity index (χ4n) is 6.41. The van der Waals surface area contributed by atoms with Crippen LogP contribution in [0.4, 0.5) is 0 Å². The van der Waals surface area contributed by atoms with Gasteiger partial charge in [0.25, 0.3) is 0 Å². The van der Waals surface area contributed by atoms with Gasteiger partial charge in [0, 0.05) is 12.8 Å². The number of allylic oxidation sites excluding steroid dienone is 2. The second-order valence-electron chi connectivity index (χ2n) is 12.7.